The highest BCUT2D eigenvalue weighted by molar-refractivity contribution is 6.02. The van der Waals surface area contributed by atoms with Crippen LogP contribution >= 0.6 is 0 Å². The van der Waals surface area contributed by atoms with Crippen molar-refractivity contribution in [2.24, 2.45) is 0 Å². The summed E-state index contributed by atoms with van der Waals surface area (Å²) < 4.78 is 6.29. The highest BCUT2D eigenvalue weighted by atomic mass is 16.5. The Morgan fingerprint density at radius 2 is 1.61 bits per heavy atom. The molecule has 0 saturated heterocycles. The summed E-state index contributed by atoms with van der Waals surface area (Å²) >= 11 is 0. The molecule has 0 aliphatic heterocycles. The van der Waals surface area contributed by atoms with Gasteiger partial charge in [0.1, 0.15) is 12.4 Å². The van der Waals surface area contributed by atoms with Gasteiger partial charge in [-0.3, -0.25) is 0 Å². The van der Waals surface area contributed by atoms with E-state index in [1.54, 1.807) is 30.3 Å². The van der Waals surface area contributed by atoms with Gasteiger partial charge in [0.2, 0.25) is 0 Å². The fourth-order valence-corrected chi connectivity index (χ4v) is 4.08. The van der Waals surface area contributed by atoms with Crippen LogP contribution in [0.1, 0.15) is 34.0 Å². The van der Waals surface area contributed by atoms with Crippen LogP contribution in [0.3, 0.4) is 0 Å². The first-order valence-electron chi connectivity index (χ1n) is 12.4. The Balaban J connectivity index is 1.77. The van der Waals surface area contributed by atoms with Crippen molar-refractivity contribution in [2.45, 2.75) is 26.9 Å². The summed E-state index contributed by atoms with van der Waals surface area (Å²) in [5, 5.41) is 15.6. The van der Waals surface area contributed by atoms with Gasteiger partial charge in [0.25, 0.3) is 0 Å². The number of benzene rings is 4. The lowest BCUT2D eigenvalue weighted by atomic mass is 9.95. The number of ether oxygens (including phenoxy) is 1. The summed E-state index contributed by atoms with van der Waals surface area (Å²) in [6.45, 7) is 4.22. The molecule has 0 fully saturated rings. The number of carbonyl (C=O) groups is 2. The van der Waals surface area contributed by atoms with Crippen LogP contribution in [-0.4, -0.2) is 17.1 Å². The van der Waals surface area contributed by atoms with E-state index in [0.29, 0.717) is 41.3 Å². The third kappa shape index (κ3) is 6.68. The maximum atomic E-state index is 13.1. The minimum Gasteiger partial charge on any atom is -0.486 e. The van der Waals surface area contributed by atoms with Crippen molar-refractivity contribution >= 4 is 23.4 Å². The van der Waals surface area contributed by atoms with Crippen molar-refractivity contribution in [3.05, 3.63) is 125 Å². The van der Waals surface area contributed by atoms with Crippen LogP contribution in [0.5, 0.6) is 5.75 Å². The van der Waals surface area contributed by atoms with Gasteiger partial charge in [-0.05, 0) is 67.3 Å². The number of carbonyl (C=O) groups excluding carboxylic acids is 1. The molecular formula is C32H30N2O4. The predicted octanol–water partition coefficient (Wildman–Crippen LogP) is 7.70. The van der Waals surface area contributed by atoms with Crippen LogP contribution in [0.15, 0.2) is 103 Å². The second-order valence-electron chi connectivity index (χ2n) is 8.86. The first-order chi connectivity index (χ1) is 18.4. The molecule has 6 nitrogen and oxygen atoms in total. The van der Waals surface area contributed by atoms with Crippen LogP contribution < -0.4 is 15.4 Å². The number of carboxylic acids is 1. The Labute approximate surface area is 222 Å². The van der Waals surface area contributed by atoms with Crippen molar-refractivity contribution in [3.8, 4) is 16.9 Å². The number of carboxylic acid groups (broad SMARTS) is 1. The van der Waals surface area contributed by atoms with E-state index in [1.165, 1.54) is 0 Å². The molecular weight excluding hydrogens is 476 g/mol. The molecule has 0 heterocycles. The summed E-state index contributed by atoms with van der Waals surface area (Å²) in [4.78, 5) is 25.0. The van der Waals surface area contributed by atoms with Gasteiger partial charge < -0.3 is 20.5 Å². The van der Waals surface area contributed by atoms with Crippen molar-refractivity contribution in [2.75, 3.05) is 10.6 Å². The smallest absolute Gasteiger partial charge is 0.336 e. The molecule has 0 aromatic heterocycles. The van der Waals surface area contributed by atoms with Crippen molar-refractivity contribution < 1.29 is 19.4 Å². The van der Waals surface area contributed by atoms with Crippen LogP contribution in [0, 0.1) is 6.92 Å². The number of rotatable bonds is 9. The number of amides is 2. The standard InChI is InChI=1S/C32H30N2O4/c1-3-4-12-24-19-25(27-13-8-9-14-28(27)31(35)36)20-29(30(24)38-21-23-10-6-5-7-11-23)34-32(37)33-26-17-15-22(2)16-18-26/h3-11,13-20H,12,21H2,1-2H3,(H,35,36)(H2,33,34,37). The molecule has 0 spiro atoms. The second kappa shape index (κ2) is 12.4. The molecule has 4 rings (SSSR count). The fraction of sp³-hybridized carbons (Fsp3) is 0.125. The summed E-state index contributed by atoms with van der Waals surface area (Å²) in [5.74, 6) is -0.491. The van der Waals surface area contributed by atoms with Crippen molar-refractivity contribution in [1.29, 1.82) is 0 Å². The molecule has 3 N–H and O–H groups in total. The first-order valence-corrected chi connectivity index (χ1v) is 12.4. The van der Waals surface area contributed by atoms with Crippen molar-refractivity contribution in [1.82, 2.24) is 0 Å². The van der Waals surface area contributed by atoms with Crippen LogP contribution in [0.25, 0.3) is 11.1 Å². The average Bonchev–Trinajstić information content (AvgIpc) is 2.93. The molecule has 4 aromatic carbocycles. The summed E-state index contributed by atoms with van der Waals surface area (Å²) in [6.07, 6.45) is 4.47. The molecule has 0 radical (unpaired) electrons. The summed E-state index contributed by atoms with van der Waals surface area (Å²) in [6, 6.07) is 27.4. The van der Waals surface area contributed by atoms with E-state index in [2.05, 4.69) is 10.6 Å². The quantitative estimate of drug-likeness (QED) is 0.203. The number of nitrogens with one attached hydrogen (secondary N) is 2. The van der Waals surface area contributed by atoms with Gasteiger partial charge in [0, 0.05) is 11.3 Å². The molecule has 4 aromatic rings. The van der Waals surface area contributed by atoms with E-state index in [0.717, 1.165) is 16.7 Å². The largest absolute Gasteiger partial charge is 0.486 e. The van der Waals surface area contributed by atoms with Gasteiger partial charge in [-0.25, -0.2) is 9.59 Å². The highest BCUT2D eigenvalue weighted by Crippen LogP contribution is 2.37. The molecule has 38 heavy (non-hydrogen) atoms. The maximum absolute atomic E-state index is 13.1. The molecule has 2 amide bonds. The molecule has 0 aliphatic rings. The zero-order valence-corrected chi connectivity index (χ0v) is 21.4. The minimum absolute atomic E-state index is 0.178. The first kappa shape index (κ1) is 26.2. The number of aromatic carboxylic acids is 1. The average molecular weight is 507 g/mol. The number of hydrogen-bond donors (Lipinski definition) is 3. The molecule has 192 valence electrons. The lowest BCUT2D eigenvalue weighted by Gasteiger charge is -2.19. The van der Waals surface area contributed by atoms with Gasteiger partial charge in [0.05, 0.1) is 11.3 Å². The Hall–Kier alpha value is -4.84. The molecule has 0 aliphatic carbocycles. The number of allylic oxidation sites excluding steroid dienone is 2. The predicted molar refractivity (Wildman–Crippen MR) is 152 cm³/mol. The zero-order valence-electron chi connectivity index (χ0n) is 21.4. The zero-order chi connectivity index (χ0) is 26.9. The SMILES string of the molecule is CC=CCc1cc(-c2ccccc2C(=O)O)cc(NC(=O)Nc2ccc(C)cc2)c1OCc1ccccc1. The Morgan fingerprint density at radius 1 is 0.895 bits per heavy atom. The van der Waals surface area contributed by atoms with Crippen LogP contribution in [-0.2, 0) is 13.0 Å². The maximum Gasteiger partial charge on any atom is 0.336 e. The number of hydrogen-bond acceptors (Lipinski definition) is 3. The van der Waals surface area contributed by atoms with Gasteiger partial charge in [-0.15, -0.1) is 0 Å². The monoisotopic (exact) mass is 506 g/mol. The molecule has 0 saturated carbocycles. The Kier molecular flexibility index (Phi) is 8.57. The van der Waals surface area contributed by atoms with E-state index in [1.807, 2.05) is 86.7 Å². The van der Waals surface area contributed by atoms with Gasteiger partial charge in [-0.1, -0.05) is 78.4 Å². The molecule has 6 heteroatoms. The topological polar surface area (TPSA) is 87.7 Å². The Bertz CT molecular complexity index is 1440. The summed E-state index contributed by atoms with van der Waals surface area (Å²) in [7, 11) is 0. The Morgan fingerprint density at radius 3 is 2.32 bits per heavy atom. The third-order valence-corrected chi connectivity index (χ3v) is 5.99. The number of urea groups is 1. The third-order valence-electron chi connectivity index (χ3n) is 5.99. The van der Waals surface area contributed by atoms with Crippen LogP contribution in [0.4, 0.5) is 16.2 Å². The van der Waals surface area contributed by atoms with E-state index < -0.39 is 12.0 Å². The fourth-order valence-electron chi connectivity index (χ4n) is 4.08. The molecule has 0 unspecified atom stereocenters. The van der Waals surface area contributed by atoms with E-state index in [9.17, 15) is 14.7 Å². The van der Waals surface area contributed by atoms with Gasteiger partial charge in [0.15, 0.2) is 0 Å². The minimum atomic E-state index is -1.02. The lowest BCUT2D eigenvalue weighted by Crippen LogP contribution is -2.20. The normalized spacial score (nSPS) is 10.8. The van der Waals surface area contributed by atoms with Gasteiger partial charge >= 0.3 is 12.0 Å². The lowest BCUT2D eigenvalue weighted by molar-refractivity contribution is 0.0697. The van der Waals surface area contributed by atoms with Crippen LogP contribution in [0.2, 0.25) is 0 Å². The van der Waals surface area contributed by atoms with E-state index >= 15 is 0 Å². The molecule has 0 atom stereocenters. The van der Waals surface area contributed by atoms with E-state index in [4.69, 9.17) is 4.74 Å². The summed E-state index contributed by atoms with van der Waals surface area (Å²) in [5.41, 5.74) is 5.40. The highest BCUT2D eigenvalue weighted by Gasteiger charge is 2.18. The molecule has 0 bridgehead atoms. The van der Waals surface area contributed by atoms with Gasteiger partial charge in [-0.2, -0.15) is 0 Å². The number of aryl methyl sites for hydroxylation is 1. The number of anilines is 2. The van der Waals surface area contributed by atoms with E-state index in [-0.39, 0.29) is 5.56 Å². The van der Waals surface area contributed by atoms with Crippen molar-refractivity contribution in [3.63, 3.8) is 0 Å². The second-order valence-corrected chi connectivity index (χ2v) is 8.86.